The molecule has 1 aromatic carbocycles. The first-order valence-electron chi connectivity index (χ1n) is 7.56. The Kier molecular flexibility index (Phi) is 5.10. The molecule has 3 rings (SSSR count). The van der Waals surface area contributed by atoms with E-state index < -0.39 is 5.97 Å². The van der Waals surface area contributed by atoms with Crippen LogP contribution in [-0.4, -0.2) is 37.1 Å². The molecule has 1 N–H and O–H groups in total. The number of pyridine rings is 1. The van der Waals surface area contributed by atoms with Crippen LogP contribution in [0.15, 0.2) is 42.6 Å². The molecule has 1 fully saturated rings. The highest BCUT2D eigenvalue weighted by molar-refractivity contribution is 6.33. The van der Waals surface area contributed by atoms with Crippen molar-refractivity contribution in [2.75, 3.05) is 31.1 Å². The van der Waals surface area contributed by atoms with Gasteiger partial charge in [-0.05, 0) is 11.6 Å². The van der Waals surface area contributed by atoms with E-state index >= 15 is 0 Å². The Morgan fingerprint density at radius 3 is 2.70 bits per heavy atom. The summed E-state index contributed by atoms with van der Waals surface area (Å²) >= 11 is 6.29. The summed E-state index contributed by atoms with van der Waals surface area (Å²) in [4.78, 5) is 18.6. The van der Waals surface area contributed by atoms with Crippen LogP contribution in [0.1, 0.15) is 15.9 Å². The summed E-state index contributed by atoms with van der Waals surface area (Å²) in [5.74, 6) is 0.294. The largest absolute Gasteiger partial charge is 0.457 e. The quantitative estimate of drug-likeness (QED) is 0.872. The molecular formula is C17H18ClN3O2. The average Bonchev–Trinajstić information content (AvgIpc) is 2.61. The Morgan fingerprint density at radius 1 is 1.26 bits per heavy atom. The molecule has 2 aromatic rings. The van der Waals surface area contributed by atoms with E-state index in [2.05, 4.69) is 15.2 Å². The van der Waals surface area contributed by atoms with Gasteiger partial charge in [-0.3, -0.25) is 0 Å². The SMILES string of the molecule is O=C(OCc1ccccc1)c1cnc(N2CCNCC2)c(Cl)c1. The van der Waals surface area contributed by atoms with E-state index in [0.717, 1.165) is 31.7 Å². The summed E-state index contributed by atoms with van der Waals surface area (Å²) in [6.45, 7) is 3.74. The number of halogens is 1. The number of piperazine rings is 1. The molecule has 6 heteroatoms. The number of benzene rings is 1. The minimum absolute atomic E-state index is 0.233. The minimum Gasteiger partial charge on any atom is -0.457 e. The number of nitrogens with one attached hydrogen (secondary N) is 1. The maximum Gasteiger partial charge on any atom is 0.340 e. The molecule has 0 amide bonds. The van der Waals surface area contributed by atoms with Gasteiger partial charge in [-0.2, -0.15) is 0 Å². The van der Waals surface area contributed by atoms with E-state index in [9.17, 15) is 4.79 Å². The third-order valence-corrected chi connectivity index (χ3v) is 3.96. The van der Waals surface area contributed by atoms with Crippen LogP contribution in [0.25, 0.3) is 0 Å². The molecule has 0 bridgehead atoms. The van der Waals surface area contributed by atoms with Gasteiger partial charge in [0, 0.05) is 32.4 Å². The smallest absolute Gasteiger partial charge is 0.340 e. The highest BCUT2D eigenvalue weighted by Gasteiger charge is 2.17. The van der Waals surface area contributed by atoms with E-state index in [1.54, 1.807) is 6.07 Å². The summed E-state index contributed by atoms with van der Waals surface area (Å²) in [6.07, 6.45) is 1.52. The number of aromatic nitrogens is 1. The van der Waals surface area contributed by atoms with Gasteiger partial charge in [0.2, 0.25) is 0 Å². The van der Waals surface area contributed by atoms with Gasteiger partial charge >= 0.3 is 5.97 Å². The van der Waals surface area contributed by atoms with Crippen LogP contribution in [0, 0.1) is 0 Å². The number of carbonyl (C=O) groups is 1. The molecule has 1 aliphatic heterocycles. The second kappa shape index (κ2) is 7.44. The number of carbonyl (C=O) groups excluding carboxylic acids is 1. The number of hydrogen-bond acceptors (Lipinski definition) is 5. The highest BCUT2D eigenvalue weighted by atomic mass is 35.5. The van der Waals surface area contributed by atoms with Gasteiger partial charge in [-0.25, -0.2) is 9.78 Å². The fourth-order valence-corrected chi connectivity index (χ4v) is 2.74. The number of ether oxygens (including phenoxy) is 1. The van der Waals surface area contributed by atoms with E-state index in [1.807, 2.05) is 30.3 Å². The lowest BCUT2D eigenvalue weighted by atomic mass is 10.2. The summed E-state index contributed by atoms with van der Waals surface area (Å²) in [5.41, 5.74) is 1.31. The van der Waals surface area contributed by atoms with Crippen molar-refractivity contribution >= 4 is 23.4 Å². The van der Waals surface area contributed by atoms with Crippen LogP contribution >= 0.6 is 11.6 Å². The third-order valence-electron chi connectivity index (χ3n) is 3.69. The van der Waals surface area contributed by atoms with Crippen LogP contribution in [0.2, 0.25) is 5.02 Å². The molecule has 2 heterocycles. The molecule has 0 saturated carbocycles. The standard InChI is InChI=1S/C17H18ClN3O2/c18-15-10-14(11-20-16(15)21-8-6-19-7-9-21)17(22)23-12-13-4-2-1-3-5-13/h1-5,10-11,19H,6-9,12H2. The second-order valence-electron chi connectivity index (χ2n) is 5.33. The average molecular weight is 332 g/mol. The van der Waals surface area contributed by atoms with E-state index in [0.29, 0.717) is 16.4 Å². The summed E-state index contributed by atoms with van der Waals surface area (Å²) in [6, 6.07) is 11.2. The molecule has 120 valence electrons. The van der Waals surface area contributed by atoms with Crippen LogP contribution < -0.4 is 10.2 Å². The monoisotopic (exact) mass is 331 g/mol. The Morgan fingerprint density at radius 2 is 2.00 bits per heavy atom. The molecule has 0 radical (unpaired) electrons. The molecule has 1 aromatic heterocycles. The van der Waals surface area contributed by atoms with Crippen LogP contribution in [0.5, 0.6) is 0 Å². The fraction of sp³-hybridized carbons (Fsp3) is 0.294. The Hall–Kier alpha value is -2.11. The van der Waals surface area contributed by atoms with Crippen LogP contribution in [-0.2, 0) is 11.3 Å². The van der Waals surface area contributed by atoms with E-state index in [4.69, 9.17) is 16.3 Å². The maximum absolute atomic E-state index is 12.1. The number of anilines is 1. The fourth-order valence-electron chi connectivity index (χ4n) is 2.46. The third kappa shape index (κ3) is 4.00. The van der Waals surface area contributed by atoms with Gasteiger partial charge in [0.15, 0.2) is 0 Å². The van der Waals surface area contributed by atoms with Gasteiger partial charge in [0.1, 0.15) is 12.4 Å². The molecule has 0 spiro atoms. The summed E-state index contributed by atoms with van der Waals surface area (Å²) in [7, 11) is 0. The van der Waals surface area contributed by atoms with Crippen molar-refractivity contribution in [3.63, 3.8) is 0 Å². The first-order valence-corrected chi connectivity index (χ1v) is 7.94. The number of rotatable bonds is 4. The van der Waals surface area contributed by atoms with Crippen molar-refractivity contribution in [1.29, 1.82) is 0 Å². The van der Waals surface area contributed by atoms with E-state index in [1.165, 1.54) is 6.20 Å². The van der Waals surface area contributed by atoms with Gasteiger partial charge in [0.05, 0.1) is 10.6 Å². The maximum atomic E-state index is 12.1. The van der Waals surface area contributed by atoms with Crippen molar-refractivity contribution in [1.82, 2.24) is 10.3 Å². The van der Waals surface area contributed by atoms with Gasteiger partial charge in [-0.1, -0.05) is 41.9 Å². The lowest BCUT2D eigenvalue weighted by Crippen LogP contribution is -2.44. The molecule has 0 unspecified atom stereocenters. The number of nitrogens with zero attached hydrogens (tertiary/aromatic N) is 2. The lowest BCUT2D eigenvalue weighted by Gasteiger charge is -2.29. The molecule has 1 aliphatic rings. The first-order chi connectivity index (χ1) is 11.2. The molecular weight excluding hydrogens is 314 g/mol. The van der Waals surface area contributed by atoms with E-state index in [-0.39, 0.29) is 6.61 Å². The zero-order valence-electron chi connectivity index (χ0n) is 12.7. The van der Waals surface area contributed by atoms with Gasteiger partial charge < -0.3 is 15.0 Å². The Bertz CT molecular complexity index is 673. The molecule has 1 saturated heterocycles. The zero-order chi connectivity index (χ0) is 16.1. The van der Waals surface area contributed by atoms with Crippen molar-refractivity contribution < 1.29 is 9.53 Å². The van der Waals surface area contributed by atoms with Crippen molar-refractivity contribution in [2.24, 2.45) is 0 Å². The predicted octanol–water partition coefficient (Wildman–Crippen LogP) is 2.50. The van der Waals surface area contributed by atoms with Gasteiger partial charge in [-0.15, -0.1) is 0 Å². The summed E-state index contributed by atoms with van der Waals surface area (Å²) in [5, 5.41) is 3.75. The molecule has 23 heavy (non-hydrogen) atoms. The lowest BCUT2D eigenvalue weighted by molar-refractivity contribution is 0.0472. The number of esters is 1. The highest BCUT2D eigenvalue weighted by Crippen LogP contribution is 2.24. The number of hydrogen-bond donors (Lipinski definition) is 1. The first kappa shape index (κ1) is 15.8. The zero-order valence-corrected chi connectivity index (χ0v) is 13.4. The van der Waals surface area contributed by atoms with Crippen molar-refractivity contribution in [3.8, 4) is 0 Å². The Labute approximate surface area is 140 Å². The minimum atomic E-state index is -0.421. The predicted molar refractivity (Wildman–Crippen MR) is 89.9 cm³/mol. The van der Waals surface area contributed by atoms with Crippen LogP contribution in [0.4, 0.5) is 5.82 Å². The molecule has 0 atom stereocenters. The molecule has 5 nitrogen and oxygen atoms in total. The normalized spacial score (nSPS) is 14.6. The second-order valence-corrected chi connectivity index (χ2v) is 5.74. The Balaban J connectivity index is 1.65. The topological polar surface area (TPSA) is 54.5 Å². The summed E-state index contributed by atoms with van der Waals surface area (Å²) < 4.78 is 5.29. The van der Waals surface area contributed by atoms with Crippen molar-refractivity contribution in [2.45, 2.75) is 6.61 Å². The van der Waals surface area contributed by atoms with Gasteiger partial charge in [0.25, 0.3) is 0 Å². The molecule has 0 aliphatic carbocycles. The van der Waals surface area contributed by atoms with Crippen molar-refractivity contribution in [3.05, 3.63) is 58.7 Å². The van der Waals surface area contributed by atoms with Crippen LogP contribution in [0.3, 0.4) is 0 Å².